The fourth-order valence-electron chi connectivity index (χ4n) is 4.86. The van der Waals surface area contributed by atoms with Crippen LogP contribution in [0.25, 0.3) is 0 Å². The first-order valence-corrected chi connectivity index (χ1v) is 13.5. The van der Waals surface area contributed by atoms with Crippen LogP contribution in [0.5, 0.6) is 5.06 Å². The summed E-state index contributed by atoms with van der Waals surface area (Å²) >= 11 is 4.66. The van der Waals surface area contributed by atoms with Gasteiger partial charge in [0.05, 0.1) is 3.79 Å². The first kappa shape index (κ1) is 25.5. The zero-order valence-corrected chi connectivity index (χ0v) is 22.5. The average molecular weight is 564 g/mol. The number of ether oxygens (including phenoxy) is 1. The molecule has 2 aromatic rings. The summed E-state index contributed by atoms with van der Waals surface area (Å²) in [5.74, 6) is -0.110. The van der Waals surface area contributed by atoms with E-state index in [4.69, 9.17) is 4.74 Å². The number of hydrogen-bond donors (Lipinski definition) is 2. The van der Waals surface area contributed by atoms with Crippen LogP contribution in [0.1, 0.15) is 44.6 Å². The zero-order valence-electron chi connectivity index (χ0n) is 20.1. The van der Waals surface area contributed by atoms with Gasteiger partial charge in [-0.05, 0) is 78.0 Å². The number of carbonyl (C=O) groups is 3. The molecule has 1 aliphatic carbocycles. The minimum atomic E-state index is -0.987. The normalized spacial score (nSPS) is 17.6. The van der Waals surface area contributed by atoms with Crippen molar-refractivity contribution in [1.82, 2.24) is 10.2 Å². The van der Waals surface area contributed by atoms with Gasteiger partial charge in [-0.15, -0.1) is 0 Å². The van der Waals surface area contributed by atoms with E-state index in [9.17, 15) is 14.4 Å². The number of halogens is 1. The zero-order chi connectivity index (χ0) is 25.0. The molecule has 1 aliphatic heterocycles. The average Bonchev–Trinajstić information content (AvgIpc) is 3.36. The van der Waals surface area contributed by atoms with Gasteiger partial charge in [-0.25, -0.2) is 4.79 Å². The van der Waals surface area contributed by atoms with E-state index in [1.54, 1.807) is 13.0 Å². The molecule has 0 unspecified atom stereocenters. The Morgan fingerprint density at radius 2 is 1.80 bits per heavy atom. The fraction of sp³-hybridized carbons (Fsp3) is 0.480. The highest BCUT2D eigenvalue weighted by atomic mass is 79.9. The van der Waals surface area contributed by atoms with Crippen molar-refractivity contribution >= 4 is 56.5 Å². The topological polar surface area (TPSA) is 91.0 Å². The first-order valence-electron chi connectivity index (χ1n) is 11.9. The van der Waals surface area contributed by atoms with E-state index in [0.717, 1.165) is 53.9 Å². The van der Waals surface area contributed by atoms with Crippen molar-refractivity contribution in [3.63, 3.8) is 0 Å². The van der Waals surface area contributed by atoms with E-state index in [-0.39, 0.29) is 11.8 Å². The van der Waals surface area contributed by atoms with Crippen LogP contribution in [0.15, 0.2) is 34.1 Å². The van der Waals surface area contributed by atoms with Crippen LogP contribution in [0.2, 0.25) is 0 Å². The summed E-state index contributed by atoms with van der Waals surface area (Å²) in [4.78, 5) is 41.8. The van der Waals surface area contributed by atoms with E-state index in [1.807, 2.05) is 36.1 Å². The van der Waals surface area contributed by atoms with E-state index < -0.39 is 11.6 Å². The van der Waals surface area contributed by atoms with Gasteiger partial charge in [0.1, 0.15) is 5.54 Å². The lowest BCUT2D eigenvalue weighted by Gasteiger charge is -2.29. The first-order chi connectivity index (χ1) is 16.8. The second-order valence-corrected chi connectivity index (χ2v) is 11.6. The number of aryl methyl sites for hydroxylation is 1. The molecule has 1 saturated heterocycles. The Labute approximate surface area is 218 Å². The van der Waals surface area contributed by atoms with E-state index >= 15 is 0 Å². The van der Waals surface area contributed by atoms with Gasteiger partial charge >= 0.3 is 6.09 Å². The van der Waals surface area contributed by atoms with Crippen molar-refractivity contribution in [3.05, 3.63) is 39.7 Å². The van der Waals surface area contributed by atoms with Crippen LogP contribution in [0.3, 0.4) is 0 Å². The number of nitrogens with one attached hydrogen (secondary N) is 2. The number of amides is 3. The number of rotatable bonds is 5. The van der Waals surface area contributed by atoms with E-state index in [0.29, 0.717) is 30.1 Å². The molecule has 2 aliphatic rings. The van der Waals surface area contributed by atoms with E-state index in [2.05, 4.69) is 31.5 Å². The number of carbonyl (C=O) groups excluding carboxylic acids is 3. The van der Waals surface area contributed by atoms with Gasteiger partial charge in [0.15, 0.2) is 5.06 Å². The van der Waals surface area contributed by atoms with Crippen LogP contribution >= 0.6 is 27.3 Å². The van der Waals surface area contributed by atoms with Crippen LogP contribution < -0.4 is 20.3 Å². The van der Waals surface area contributed by atoms with Crippen molar-refractivity contribution in [3.8, 4) is 5.06 Å². The predicted molar refractivity (Wildman–Crippen MR) is 141 cm³/mol. The summed E-state index contributed by atoms with van der Waals surface area (Å²) in [6.07, 6.45) is 3.16. The number of thiophene rings is 1. The fourth-order valence-corrected chi connectivity index (χ4v) is 6.06. The third-order valence-electron chi connectivity index (χ3n) is 6.71. The van der Waals surface area contributed by atoms with Crippen LogP contribution in [0, 0.1) is 6.92 Å². The molecule has 2 fully saturated rings. The van der Waals surface area contributed by atoms with Crippen molar-refractivity contribution < 1.29 is 19.1 Å². The Balaban J connectivity index is 1.41. The minimum Gasteiger partial charge on any atom is -0.399 e. The Morgan fingerprint density at radius 1 is 1.03 bits per heavy atom. The molecule has 35 heavy (non-hydrogen) atoms. The maximum Gasteiger partial charge on any atom is 0.414 e. The van der Waals surface area contributed by atoms with E-state index in [1.165, 1.54) is 11.3 Å². The van der Waals surface area contributed by atoms with Crippen molar-refractivity contribution in [2.75, 3.05) is 36.4 Å². The lowest BCUT2D eigenvalue weighted by atomic mass is 9.96. The molecule has 0 bridgehead atoms. The van der Waals surface area contributed by atoms with Crippen molar-refractivity contribution in [2.45, 2.75) is 51.5 Å². The van der Waals surface area contributed by atoms with Gasteiger partial charge < -0.3 is 25.2 Å². The lowest BCUT2D eigenvalue weighted by molar-refractivity contribution is -0.128. The third-order valence-corrected chi connectivity index (χ3v) is 8.21. The van der Waals surface area contributed by atoms with Gasteiger partial charge in [-0.1, -0.05) is 24.2 Å². The quantitative estimate of drug-likeness (QED) is 0.539. The second kappa shape index (κ2) is 11.0. The molecule has 2 heterocycles. The van der Waals surface area contributed by atoms with Crippen molar-refractivity contribution in [2.24, 2.45) is 0 Å². The Bertz CT molecular complexity index is 1100. The summed E-state index contributed by atoms with van der Waals surface area (Å²) < 4.78 is 6.25. The Morgan fingerprint density at radius 3 is 2.46 bits per heavy atom. The Kier molecular flexibility index (Phi) is 8.01. The molecule has 8 nitrogen and oxygen atoms in total. The molecule has 1 saturated carbocycles. The van der Waals surface area contributed by atoms with Crippen LogP contribution in [-0.2, 0) is 9.59 Å². The predicted octanol–water partition coefficient (Wildman–Crippen LogP) is 4.92. The van der Waals surface area contributed by atoms with Gasteiger partial charge in [0, 0.05) is 44.5 Å². The standard InChI is InChI=1S/C25H31BrN4O4S/c1-17-16-19(6-7-20(17)30-13-5-12-29(14-15-30)18(2)31)27-23(32)25(10-3-4-11-25)28-24(33)34-22-9-8-21(26)35-22/h6-9,16H,3-5,10-15H2,1-2H3,(H,27,32)(H,28,33). The molecule has 0 radical (unpaired) electrons. The third kappa shape index (κ3) is 6.16. The highest BCUT2D eigenvalue weighted by Gasteiger charge is 2.43. The summed E-state index contributed by atoms with van der Waals surface area (Å²) in [6.45, 7) is 6.79. The summed E-state index contributed by atoms with van der Waals surface area (Å²) in [5.41, 5.74) is 1.86. The maximum atomic E-state index is 13.3. The molecule has 0 atom stereocenters. The van der Waals surface area contributed by atoms with Crippen LogP contribution in [0.4, 0.5) is 16.2 Å². The maximum absolute atomic E-state index is 13.3. The van der Waals surface area contributed by atoms with Gasteiger partial charge in [0.2, 0.25) is 11.8 Å². The molecular weight excluding hydrogens is 532 g/mol. The van der Waals surface area contributed by atoms with Crippen molar-refractivity contribution in [1.29, 1.82) is 0 Å². The van der Waals surface area contributed by atoms with Gasteiger partial charge in [-0.3, -0.25) is 9.59 Å². The molecule has 10 heteroatoms. The number of hydrogen-bond acceptors (Lipinski definition) is 6. The summed E-state index contributed by atoms with van der Waals surface area (Å²) in [5, 5.41) is 6.33. The van der Waals surface area contributed by atoms with Crippen LogP contribution in [-0.4, -0.2) is 54.5 Å². The molecule has 3 amide bonds. The SMILES string of the molecule is CC(=O)N1CCCN(c2ccc(NC(=O)C3(NC(=O)Oc4ccc(Br)s4)CCCC3)cc2C)CC1. The lowest BCUT2D eigenvalue weighted by Crippen LogP contribution is -2.55. The molecule has 1 aromatic heterocycles. The van der Waals surface area contributed by atoms with Gasteiger partial charge in [-0.2, -0.15) is 0 Å². The monoisotopic (exact) mass is 562 g/mol. The highest BCUT2D eigenvalue weighted by Crippen LogP contribution is 2.33. The molecule has 188 valence electrons. The number of benzene rings is 1. The molecule has 4 rings (SSSR count). The minimum absolute atomic E-state index is 0.114. The Hall–Kier alpha value is -2.59. The highest BCUT2D eigenvalue weighted by molar-refractivity contribution is 9.11. The molecule has 2 N–H and O–H groups in total. The molecular formula is C25H31BrN4O4S. The number of anilines is 2. The smallest absolute Gasteiger partial charge is 0.399 e. The van der Waals surface area contributed by atoms with Gasteiger partial charge in [0.25, 0.3) is 0 Å². The second-order valence-electron chi connectivity index (χ2n) is 9.16. The molecule has 0 spiro atoms. The summed E-state index contributed by atoms with van der Waals surface area (Å²) in [7, 11) is 0. The summed E-state index contributed by atoms with van der Waals surface area (Å²) in [6, 6.07) is 9.40. The molecule has 1 aromatic carbocycles. The number of nitrogens with zero attached hydrogens (tertiary/aromatic N) is 2. The largest absolute Gasteiger partial charge is 0.414 e.